The van der Waals surface area contributed by atoms with Crippen LogP contribution in [0, 0.1) is 11.6 Å². The first-order valence-corrected chi connectivity index (χ1v) is 6.00. The van der Waals surface area contributed by atoms with Gasteiger partial charge in [-0.1, -0.05) is 6.07 Å². The molecule has 1 unspecified atom stereocenters. The van der Waals surface area contributed by atoms with Crippen LogP contribution in [-0.4, -0.2) is 32.8 Å². The van der Waals surface area contributed by atoms with E-state index in [-0.39, 0.29) is 6.04 Å². The van der Waals surface area contributed by atoms with Gasteiger partial charge in [0.2, 0.25) is 0 Å². The molecule has 0 radical (unpaired) electrons. The van der Waals surface area contributed by atoms with Gasteiger partial charge in [-0.3, -0.25) is 0 Å². The molecule has 2 N–H and O–H groups in total. The summed E-state index contributed by atoms with van der Waals surface area (Å²) in [7, 11) is 1.65. The van der Waals surface area contributed by atoms with E-state index in [0.717, 1.165) is 19.2 Å². The highest BCUT2D eigenvalue weighted by molar-refractivity contribution is 5.18. The number of ether oxygens (including phenoxy) is 1. The van der Waals surface area contributed by atoms with Crippen LogP contribution in [0.15, 0.2) is 18.2 Å². The summed E-state index contributed by atoms with van der Waals surface area (Å²) >= 11 is 0. The number of rotatable bonds is 8. The Balaban J connectivity index is 2.27. The molecule has 18 heavy (non-hydrogen) atoms. The molecule has 102 valence electrons. The number of benzene rings is 1. The van der Waals surface area contributed by atoms with Crippen LogP contribution in [0.1, 0.15) is 12.5 Å². The SMILES string of the molecule is COCCNCC(C)NCc1ccc(F)cc1F. The van der Waals surface area contributed by atoms with E-state index >= 15 is 0 Å². The lowest BCUT2D eigenvalue weighted by molar-refractivity contribution is 0.198. The third kappa shape index (κ3) is 5.53. The molecule has 0 bridgehead atoms. The summed E-state index contributed by atoms with van der Waals surface area (Å²) in [6, 6.07) is 3.83. The summed E-state index contributed by atoms with van der Waals surface area (Å²) in [6.07, 6.45) is 0. The van der Waals surface area contributed by atoms with Crippen LogP contribution in [0.3, 0.4) is 0 Å². The summed E-state index contributed by atoms with van der Waals surface area (Å²) in [5.74, 6) is -1.06. The molecule has 5 heteroatoms. The molecule has 1 atom stereocenters. The Morgan fingerprint density at radius 1 is 1.33 bits per heavy atom. The lowest BCUT2D eigenvalue weighted by atomic mass is 10.2. The highest BCUT2D eigenvalue weighted by atomic mass is 19.1. The molecule has 0 aliphatic carbocycles. The Morgan fingerprint density at radius 2 is 2.11 bits per heavy atom. The first kappa shape index (κ1) is 15.0. The van der Waals surface area contributed by atoms with E-state index in [1.165, 1.54) is 12.1 Å². The van der Waals surface area contributed by atoms with Crippen LogP contribution in [0.2, 0.25) is 0 Å². The fraction of sp³-hybridized carbons (Fsp3) is 0.538. The second-order valence-corrected chi connectivity index (χ2v) is 4.21. The first-order chi connectivity index (χ1) is 8.63. The summed E-state index contributed by atoms with van der Waals surface area (Å²) in [5.41, 5.74) is 0.472. The highest BCUT2D eigenvalue weighted by Gasteiger charge is 2.05. The van der Waals surface area contributed by atoms with Gasteiger partial charge in [-0.15, -0.1) is 0 Å². The van der Waals surface area contributed by atoms with Crippen molar-refractivity contribution in [2.75, 3.05) is 26.8 Å². The molecule has 0 aromatic heterocycles. The van der Waals surface area contributed by atoms with E-state index in [4.69, 9.17) is 4.74 Å². The molecule has 1 aromatic rings. The van der Waals surface area contributed by atoms with Gasteiger partial charge in [0.1, 0.15) is 11.6 Å². The molecule has 0 spiro atoms. The predicted molar refractivity (Wildman–Crippen MR) is 67.4 cm³/mol. The molecule has 0 amide bonds. The van der Waals surface area contributed by atoms with Crippen LogP contribution in [0.25, 0.3) is 0 Å². The topological polar surface area (TPSA) is 33.3 Å². The van der Waals surface area contributed by atoms with Gasteiger partial charge < -0.3 is 15.4 Å². The highest BCUT2D eigenvalue weighted by Crippen LogP contribution is 2.09. The van der Waals surface area contributed by atoms with Crippen molar-refractivity contribution in [1.82, 2.24) is 10.6 Å². The lowest BCUT2D eigenvalue weighted by Crippen LogP contribution is -2.37. The molecule has 0 heterocycles. The van der Waals surface area contributed by atoms with Crippen molar-refractivity contribution in [2.24, 2.45) is 0 Å². The van der Waals surface area contributed by atoms with Gasteiger partial charge in [0.25, 0.3) is 0 Å². The van der Waals surface area contributed by atoms with Gasteiger partial charge in [0.15, 0.2) is 0 Å². The average Bonchev–Trinajstić information content (AvgIpc) is 2.33. The maximum Gasteiger partial charge on any atom is 0.130 e. The Labute approximate surface area is 107 Å². The zero-order valence-electron chi connectivity index (χ0n) is 10.8. The smallest absolute Gasteiger partial charge is 0.130 e. The first-order valence-electron chi connectivity index (χ1n) is 6.00. The third-order valence-corrected chi connectivity index (χ3v) is 2.59. The average molecular weight is 258 g/mol. The summed E-state index contributed by atoms with van der Waals surface area (Å²) < 4.78 is 31.0. The van der Waals surface area contributed by atoms with E-state index in [1.54, 1.807) is 7.11 Å². The number of methoxy groups -OCH3 is 1. The molecule has 0 saturated carbocycles. The standard InChI is InChI=1S/C13H20F2N2O/c1-10(8-16-5-6-18-2)17-9-11-3-4-12(14)7-13(11)15/h3-4,7,10,16-17H,5-6,8-9H2,1-2H3. The van der Waals surface area contributed by atoms with Crippen LogP contribution >= 0.6 is 0 Å². The molecule has 0 aliphatic rings. The van der Waals surface area contributed by atoms with Crippen LogP contribution in [0.5, 0.6) is 0 Å². The molecule has 0 saturated heterocycles. The molecule has 1 aromatic carbocycles. The Bertz CT molecular complexity index is 361. The Morgan fingerprint density at radius 3 is 2.78 bits per heavy atom. The quantitative estimate of drug-likeness (QED) is 0.696. The minimum Gasteiger partial charge on any atom is -0.383 e. The van der Waals surface area contributed by atoms with Crippen LogP contribution in [-0.2, 0) is 11.3 Å². The minimum atomic E-state index is -0.550. The van der Waals surface area contributed by atoms with E-state index in [9.17, 15) is 8.78 Å². The lowest BCUT2D eigenvalue weighted by Gasteiger charge is -2.15. The minimum absolute atomic E-state index is 0.200. The van der Waals surface area contributed by atoms with E-state index < -0.39 is 11.6 Å². The van der Waals surface area contributed by atoms with Gasteiger partial charge in [0.05, 0.1) is 6.61 Å². The van der Waals surface area contributed by atoms with Gasteiger partial charge in [-0.2, -0.15) is 0 Å². The van der Waals surface area contributed by atoms with Gasteiger partial charge in [0, 0.05) is 44.4 Å². The second kappa shape index (κ2) is 8.13. The van der Waals surface area contributed by atoms with Crippen molar-refractivity contribution in [2.45, 2.75) is 19.5 Å². The van der Waals surface area contributed by atoms with Gasteiger partial charge in [-0.05, 0) is 13.0 Å². The van der Waals surface area contributed by atoms with E-state index in [0.29, 0.717) is 18.7 Å². The molecular formula is C13H20F2N2O. The molecule has 1 rings (SSSR count). The van der Waals surface area contributed by atoms with Crippen molar-refractivity contribution in [3.8, 4) is 0 Å². The molecule has 3 nitrogen and oxygen atoms in total. The largest absolute Gasteiger partial charge is 0.383 e. The number of hydrogen-bond acceptors (Lipinski definition) is 3. The van der Waals surface area contributed by atoms with Crippen molar-refractivity contribution in [1.29, 1.82) is 0 Å². The number of hydrogen-bond donors (Lipinski definition) is 2. The van der Waals surface area contributed by atoms with E-state index in [2.05, 4.69) is 10.6 Å². The number of halogens is 2. The Kier molecular flexibility index (Phi) is 6.78. The molecule has 0 aliphatic heterocycles. The van der Waals surface area contributed by atoms with E-state index in [1.807, 2.05) is 6.92 Å². The van der Waals surface area contributed by atoms with Crippen LogP contribution < -0.4 is 10.6 Å². The summed E-state index contributed by atoms with van der Waals surface area (Å²) in [5, 5.41) is 6.38. The Hall–Kier alpha value is -1.04. The zero-order valence-corrected chi connectivity index (χ0v) is 10.8. The maximum atomic E-state index is 13.3. The van der Waals surface area contributed by atoms with Crippen molar-refractivity contribution in [3.63, 3.8) is 0 Å². The van der Waals surface area contributed by atoms with Crippen molar-refractivity contribution >= 4 is 0 Å². The normalized spacial score (nSPS) is 12.7. The van der Waals surface area contributed by atoms with Gasteiger partial charge in [-0.25, -0.2) is 8.78 Å². The maximum absolute atomic E-state index is 13.3. The summed E-state index contributed by atoms with van der Waals surface area (Å²) in [4.78, 5) is 0. The zero-order chi connectivity index (χ0) is 13.4. The fourth-order valence-electron chi connectivity index (χ4n) is 1.51. The monoisotopic (exact) mass is 258 g/mol. The number of nitrogens with one attached hydrogen (secondary N) is 2. The predicted octanol–water partition coefficient (Wildman–Crippen LogP) is 1.68. The molecule has 0 fully saturated rings. The molecular weight excluding hydrogens is 238 g/mol. The van der Waals surface area contributed by atoms with Crippen molar-refractivity contribution < 1.29 is 13.5 Å². The third-order valence-electron chi connectivity index (χ3n) is 2.59. The van der Waals surface area contributed by atoms with Crippen molar-refractivity contribution in [3.05, 3.63) is 35.4 Å². The summed E-state index contributed by atoms with van der Waals surface area (Å²) in [6.45, 7) is 4.61. The second-order valence-electron chi connectivity index (χ2n) is 4.21. The van der Waals surface area contributed by atoms with Gasteiger partial charge >= 0.3 is 0 Å². The van der Waals surface area contributed by atoms with Crippen LogP contribution in [0.4, 0.5) is 8.78 Å². The fourth-order valence-corrected chi connectivity index (χ4v) is 1.51.